The van der Waals surface area contributed by atoms with Crippen LogP contribution in [0.25, 0.3) is 10.9 Å². The minimum absolute atomic E-state index is 0.920. The van der Waals surface area contributed by atoms with Crippen LogP contribution in [0, 0.1) is 6.92 Å². The molecular formula is C17H18N2S. The lowest BCUT2D eigenvalue weighted by molar-refractivity contribution is 0.811. The van der Waals surface area contributed by atoms with E-state index in [0.717, 1.165) is 6.54 Å². The van der Waals surface area contributed by atoms with E-state index in [1.54, 1.807) is 11.8 Å². The number of fused-ring (bicyclic) bond motifs is 1. The summed E-state index contributed by atoms with van der Waals surface area (Å²) in [6.45, 7) is 3.09. The second kappa shape index (κ2) is 5.73. The second-order valence-corrected chi connectivity index (χ2v) is 6.06. The fourth-order valence-corrected chi connectivity index (χ4v) is 3.32. The van der Waals surface area contributed by atoms with Crippen LogP contribution in [0.3, 0.4) is 0 Å². The van der Waals surface area contributed by atoms with E-state index in [4.69, 9.17) is 0 Å². The van der Waals surface area contributed by atoms with E-state index < -0.39 is 0 Å². The molecule has 3 heteroatoms. The van der Waals surface area contributed by atoms with Crippen LogP contribution in [0.1, 0.15) is 11.1 Å². The largest absolute Gasteiger partial charge is 0.349 e. The molecule has 2 N–H and O–H groups in total. The van der Waals surface area contributed by atoms with Gasteiger partial charge in [0, 0.05) is 22.3 Å². The van der Waals surface area contributed by atoms with E-state index in [1.165, 1.54) is 32.0 Å². The molecule has 3 rings (SSSR count). The average molecular weight is 282 g/mol. The van der Waals surface area contributed by atoms with Gasteiger partial charge in [-0.25, -0.2) is 0 Å². The van der Waals surface area contributed by atoms with Crippen LogP contribution in [0.4, 0.5) is 0 Å². The normalized spacial score (nSPS) is 11.1. The van der Waals surface area contributed by atoms with Crippen LogP contribution in [0.2, 0.25) is 0 Å². The van der Waals surface area contributed by atoms with Gasteiger partial charge in [0.05, 0.1) is 5.03 Å². The van der Waals surface area contributed by atoms with Crippen molar-refractivity contribution in [2.75, 3.05) is 7.05 Å². The summed E-state index contributed by atoms with van der Waals surface area (Å²) in [5, 5.41) is 5.65. The van der Waals surface area contributed by atoms with Crippen LogP contribution < -0.4 is 5.32 Å². The van der Waals surface area contributed by atoms with Gasteiger partial charge in [0.25, 0.3) is 0 Å². The molecule has 0 aliphatic rings. The highest BCUT2D eigenvalue weighted by Gasteiger charge is 2.04. The van der Waals surface area contributed by atoms with Gasteiger partial charge in [-0.3, -0.25) is 0 Å². The summed E-state index contributed by atoms with van der Waals surface area (Å²) in [4.78, 5) is 4.73. The maximum Gasteiger partial charge on any atom is 0.0780 e. The first kappa shape index (κ1) is 13.3. The Kier molecular flexibility index (Phi) is 3.81. The smallest absolute Gasteiger partial charge is 0.0780 e. The Morgan fingerprint density at radius 1 is 1.10 bits per heavy atom. The lowest BCUT2D eigenvalue weighted by Gasteiger charge is -2.07. The number of benzene rings is 2. The maximum absolute atomic E-state index is 3.45. The minimum atomic E-state index is 0.920. The van der Waals surface area contributed by atoms with E-state index in [2.05, 4.69) is 65.8 Å². The summed E-state index contributed by atoms with van der Waals surface area (Å²) in [6.07, 6.45) is 0. The molecule has 0 fully saturated rings. The van der Waals surface area contributed by atoms with Crippen molar-refractivity contribution in [2.24, 2.45) is 0 Å². The molecule has 0 aliphatic carbocycles. The van der Waals surface area contributed by atoms with Gasteiger partial charge in [-0.2, -0.15) is 0 Å². The maximum atomic E-state index is 3.45. The van der Waals surface area contributed by atoms with Crippen molar-refractivity contribution in [2.45, 2.75) is 23.4 Å². The Hall–Kier alpha value is -1.71. The first-order valence-electron chi connectivity index (χ1n) is 6.76. The van der Waals surface area contributed by atoms with E-state index in [0.29, 0.717) is 0 Å². The van der Waals surface area contributed by atoms with Crippen molar-refractivity contribution in [3.63, 3.8) is 0 Å². The molecular weight excluding hydrogens is 264 g/mol. The molecule has 0 bridgehead atoms. The van der Waals surface area contributed by atoms with Gasteiger partial charge in [0.2, 0.25) is 0 Å². The molecule has 3 aromatic rings. The number of hydrogen-bond acceptors (Lipinski definition) is 2. The van der Waals surface area contributed by atoms with Crippen molar-refractivity contribution in [1.82, 2.24) is 10.3 Å². The molecule has 1 heterocycles. The highest BCUT2D eigenvalue weighted by Crippen LogP contribution is 2.30. The molecule has 0 aliphatic heterocycles. The Balaban J connectivity index is 1.85. The third-order valence-electron chi connectivity index (χ3n) is 3.41. The lowest BCUT2D eigenvalue weighted by Crippen LogP contribution is -2.06. The summed E-state index contributed by atoms with van der Waals surface area (Å²) in [7, 11) is 1.98. The molecule has 0 amide bonds. The highest BCUT2D eigenvalue weighted by molar-refractivity contribution is 7.99. The summed E-state index contributed by atoms with van der Waals surface area (Å²) < 4.78 is 0. The summed E-state index contributed by atoms with van der Waals surface area (Å²) in [5.41, 5.74) is 3.88. The predicted molar refractivity (Wildman–Crippen MR) is 86.4 cm³/mol. The molecule has 0 spiro atoms. The molecule has 2 nitrogen and oxygen atoms in total. The van der Waals surface area contributed by atoms with Gasteiger partial charge in [-0.15, -0.1) is 0 Å². The molecule has 0 saturated carbocycles. The Morgan fingerprint density at radius 3 is 2.70 bits per heavy atom. The summed E-state index contributed by atoms with van der Waals surface area (Å²) in [5.74, 6) is 0. The zero-order chi connectivity index (χ0) is 13.9. The first-order valence-corrected chi connectivity index (χ1v) is 7.57. The van der Waals surface area contributed by atoms with Gasteiger partial charge in [0.1, 0.15) is 0 Å². The molecule has 0 radical (unpaired) electrons. The summed E-state index contributed by atoms with van der Waals surface area (Å²) >= 11 is 1.78. The molecule has 20 heavy (non-hydrogen) atoms. The molecule has 102 valence electrons. The number of nitrogens with one attached hydrogen (secondary N) is 2. The molecule has 0 unspecified atom stereocenters. The van der Waals surface area contributed by atoms with Crippen LogP contribution in [-0.4, -0.2) is 12.0 Å². The Morgan fingerprint density at radius 2 is 1.95 bits per heavy atom. The van der Waals surface area contributed by atoms with Crippen molar-refractivity contribution in [1.29, 1.82) is 0 Å². The zero-order valence-electron chi connectivity index (χ0n) is 11.7. The number of aromatic nitrogens is 1. The van der Waals surface area contributed by atoms with Crippen molar-refractivity contribution in [3.8, 4) is 0 Å². The quantitative estimate of drug-likeness (QED) is 0.744. The Labute approximate surface area is 123 Å². The Bertz CT molecular complexity index is 698. The van der Waals surface area contributed by atoms with E-state index in [9.17, 15) is 0 Å². The number of aromatic amines is 1. The van der Waals surface area contributed by atoms with Crippen LogP contribution in [-0.2, 0) is 6.54 Å². The fourth-order valence-electron chi connectivity index (χ4n) is 2.35. The molecule has 0 atom stereocenters. The third-order valence-corrected chi connectivity index (χ3v) is 4.34. The molecule has 2 aromatic carbocycles. The number of hydrogen-bond donors (Lipinski definition) is 2. The van der Waals surface area contributed by atoms with E-state index in [-0.39, 0.29) is 0 Å². The average Bonchev–Trinajstić information content (AvgIpc) is 2.84. The number of aryl methyl sites for hydroxylation is 1. The molecule has 1 aromatic heterocycles. The van der Waals surface area contributed by atoms with E-state index >= 15 is 0 Å². The van der Waals surface area contributed by atoms with Gasteiger partial charge in [-0.05, 0) is 49.4 Å². The topological polar surface area (TPSA) is 27.8 Å². The second-order valence-electron chi connectivity index (χ2n) is 4.94. The van der Waals surface area contributed by atoms with Crippen molar-refractivity contribution >= 4 is 22.7 Å². The monoisotopic (exact) mass is 282 g/mol. The standard InChI is InChI=1S/C17H18N2S/c1-12-9-15(8-7-14(12)11-18-2)20-17-10-13-5-3-4-6-16(13)19-17/h3-10,18-19H,11H2,1-2H3. The highest BCUT2D eigenvalue weighted by atomic mass is 32.2. The van der Waals surface area contributed by atoms with E-state index in [1.807, 2.05) is 7.05 Å². The van der Waals surface area contributed by atoms with Crippen molar-refractivity contribution in [3.05, 3.63) is 59.7 Å². The summed E-state index contributed by atoms with van der Waals surface area (Å²) in [6, 6.07) is 17.2. The number of para-hydroxylation sites is 1. The van der Waals surface area contributed by atoms with Gasteiger partial charge in [0.15, 0.2) is 0 Å². The van der Waals surface area contributed by atoms with Crippen LogP contribution in [0.5, 0.6) is 0 Å². The number of H-pyrrole nitrogens is 1. The SMILES string of the molecule is CNCc1ccc(Sc2cc3ccccc3[nH]2)cc1C. The predicted octanol–water partition coefficient (Wildman–Crippen LogP) is 4.35. The minimum Gasteiger partial charge on any atom is -0.349 e. The number of rotatable bonds is 4. The van der Waals surface area contributed by atoms with Crippen LogP contribution in [0.15, 0.2) is 58.5 Å². The van der Waals surface area contributed by atoms with Gasteiger partial charge >= 0.3 is 0 Å². The first-order chi connectivity index (χ1) is 9.76. The van der Waals surface area contributed by atoms with Gasteiger partial charge < -0.3 is 10.3 Å². The van der Waals surface area contributed by atoms with Crippen LogP contribution >= 0.6 is 11.8 Å². The van der Waals surface area contributed by atoms with Gasteiger partial charge in [-0.1, -0.05) is 36.0 Å². The molecule has 0 saturated heterocycles. The zero-order valence-corrected chi connectivity index (χ0v) is 12.6. The lowest BCUT2D eigenvalue weighted by atomic mass is 10.1. The third kappa shape index (κ3) is 2.74. The fraction of sp³-hybridized carbons (Fsp3) is 0.176. The van der Waals surface area contributed by atoms with Crippen molar-refractivity contribution < 1.29 is 0 Å².